The molecule has 0 radical (unpaired) electrons. The van der Waals surface area contributed by atoms with Crippen LogP contribution in [0.15, 0.2) is 36.5 Å². The van der Waals surface area contributed by atoms with Crippen molar-refractivity contribution in [1.29, 1.82) is 0 Å². The lowest BCUT2D eigenvalue weighted by Crippen LogP contribution is -2.44. The molecule has 3 heterocycles. The van der Waals surface area contributed by atoms with Crippen molar-refractivity contribution in [3.63, 3.8) is 0 Å². The summed E-state index contributed by atoms with van der Waals surface area (Å²) in [5.74, 6) is -3.54. The number of benzene rings is 1. The molecule has 0 atom stereocenters. The topological polar surface area (TPSA) is 100 Å². The van der Waals surface area contributed by atoms with Crippen LogP contribution in [0, 0.1) is 17.5 Å². The average molecular weight is 480 g/mol. The number of halogens is 4. The Morgan fingerprint density at radius 2 is 1.70 bits per heavy atom. The minimum absolute atomic E-state index is 0. The molecule has 12 heteroatoms. The van der Waals surface area contributed by atoms with Crippen LogP contribution in [0.3, 0.4) is 0 Å². The SMILES string of the molecule is CN1CCN(c2cnc(Nc3cc(-c4c(F)cccc4F)nnc3C(N)=O)c(F)c2)CC1.Cl. The van der Waals surface area contributed by atoms with Gasteiger partial charge in [-0.2, -0.15) is 0 Å². The molecule has 3 N–H and O–H groups in total. The zero-order valence-corrected chi connectivity index (χ0v) is 18.4. The largest absolute Gasteiger partial charge is 0.368 e. The summed E-state index contributed by atoms with van der Waals surface area (Å²) >= 11 is 0. The number of nitrogens with two attached hydrogens (primary N) is 1. The molecule has 1 aromatic carbocycles. The molecule has 1 aliphatic rings. The Morgan fingerprint density at radius 3 is 2.30 bits per heavy atom. The minimum atomic E-state index is -0.949. The van der Waals surface area contributed by atoms with Gasteiger partial charge in [-0.3, -0.25) is 4.79 Å². The molecule has 0 bridgehead atoms. The summed E-state index contributed by atoms with van der Waals surface area (Å²) in [7, 11) is 2.02. The summed E-state index contributed by atoms with van der Waals surface area (Å²) in [6.45, 7) is 3.17. The molecule has 0 unspecified atom stereocenters. The average Bonchev–Trinajstić information content (AvgIpc) is 2.75. The van der Waals surface area contributed by atoms with Crippen LogP contribution in [-0.4, -0.2) is 59.2 Å². The molecule has 0 spiro atoms. The number of likely N-dealkylation sites (N-methyl/N-ethyl adjacent to an activating group) is 1. The monoisotopic (exact) mass is 479 g/mol. The molecule has 0 saturated carbocycles. The number of pyridine rings is 1. The fraction of sp³-hybridized carbons (Fsp3) is 0.238. The van der Waals surface area contributed by atoms with Gasteiger partial charge in [0.2, 0.25) is 0 Å². The van der Waals surface area contributed by atoms with Crippen LogP contribution in [0.2, 0.25) is 0 Å². The van der Waals surface area contributed by atoms with Crippen molar-refractivity contribution in [2.75, 3.05) is 43.4 Å². The molecule has 0 aliphatic carbocycles. The highest BCUT2D eigenvalue weighted by Gasteiger charge is 2.20. The molecule has 1 amide bonds. The summed E-state index contributed by atoms with van der Waals surface area (Å²) in [6.07, 6.45) is 1.51. The zero-order valence-electron chi connectivity index (χ0n) is 17.6. The zero-order chi connectivity index (χ0) is 22.8. The first-order chi connectivity index (χ1) is 15.3. The van der Waals surface area contributed by atoms with Crippen LogP contribution >= 0.6 is 12.4 Å². The second-order valence-electron chi connectivity index (χ2n) is 7.39. The number of amides is 1. The molecule has 174 valence electrons. The molecule has 3 aromatic rings. The number of anilines is 3. The maximum atomic E-state index is 14.8. The van der Waals surface area contributed by atoms with Crippen LogP contribution in [0.25, 0.3) is 11.3 Å². The second-order valence-corrected chi connectivity index (χ2v) is 7.39. The van der Waals surface area contributed by atoms with Crippen LogP contribution in [0.4, 0.5) is 30.4 Å². The lowest BCUT2D eigenvalue weighted by molar-refractivity contribution is 0.0995. The number of hydrogen-bond acceptors (Lipinski definition) is 7. The number of nitrogens with one attached hydrogen (secondary N) is 1. The van der Waals surface area contributed by atoms with Crippen LogP contribution in [0.1, 0.15) is 10.5 Å². The van der Waals surface area contributed by atoms with Crippen molar-refractivity contribution in [3.05, 3.63) is 59.7 Å². The van der Waals surface area contributed by atoms with E-state index in [9.17, 15) is 18.0 Å². The van der Waals surface area contributed by atoms with Gasteiger partial charge in [0, 0.05) is 32.2 Å². The van der Waals surface area contributed by atoms with E-state index in [4.69, 9.17) is 5.73 Å². The summed E-state index contributed by atoms with van der Waals surface area (Å²) in [5, 5.41) is 10.0. The number of carbonyl (C=O) groups is 1. The van der Waals surface area contributed by atoms with E-state index in [2.05, 4.69) is 25.4 Å². The van der Waals surface area contributed by atoms with E-state index in [1.165, 1.54) is 24.4 Å². The third kappa shape index (κ3) is 5.15. The highest BCUT2D eigenvalue weighted by molar-refractivity contribution is 5.97. The van der Waals surface area contributed by atoms with Crippen molar-refractivity contribution in [3.8, 4) is 11.3 Å². The molecule has 8 nitrogen and oxygen atoms in total. The molecule has 4 rings (SSSR count). The smallest absolute Gasteiger partial charge is 0.271 e. The summed E-state index contributed by atoms with van der Waals surface area (Å²) in [4.78, 5) is 20.1. The maximum Gasteiger partial charge on any atom is 0.271 e. The van der Waals surface area contributed by atoms with Gasteiger partial charge in [0.25, 0.3) is 5.91 Å². The first-order valence-corrected chi connectivity index (χ1v) is 9.81. The van der Waals surface area contributed by atoms with Gasteiger partial charge in [0.05, 0.1) is 23.1 Å². The molecular formula is C21H21ClF3N7O. The summed E-state index contributed by atoms with van der Waals surface area (Å²) < 4.78 is 43.1. The fourth-order valence-electron chi connectivity index (χ4n) is 3.42. The minimum Gasteiger partial charge on any atom is -0.368 e. The Balaban J connectivity index is 0.00000306. The molecule has 1 aliphatic heterocycles. The number of rotatable bonds is 5. The van der Waals surface area contributed by atoms with Crippen molar-refractivity contribution in [1.82, 2.24) is 20.1 Å². The van der Waals surface area contributed by atoms with Gasteiger partial charge < -0.3 is 20.9 Å². The number of hydrogen-bond donors (Lipinski definition) is 2. The highest BCUT2D eigenvalue weighted by Crippen LogP contribution is 2.29. The summed E-state index contributed by atoms with van der Waals surface area (Å²) in [6, 6.07) is 5.83. The van der Waals surface area contributed by atoms with E-state index in [1.54, 1.807) is 0 Å². The van der Waals surface area contributed by atoms with E-state index >= 15 is 0 Å². The Bertz CT molecular complexity index is 1150. The van der Waals surface area contributed by atoms with Gasteiger partial charge in [-0.05, 0) is 25.2 Å². The number of aromatic nitrogens is 3. The molecule has 2 aromatic heterocycles. The Hall–Kier alpha value is -3.44. The standard InChI is InChI=1S/C21H20F3N7O.ClH/c1-30-5-7-31(8-6-30)12-9-15(24)21(26-11-12)27-17-10-16(28-29-19(17)20(25)32)18-13(22)3-2-4-14(18)23;/h2-4,9-11H,5-8H2,1H3,(H2,25,32)(H,26,27,28);1H. The van der Waals surface area contributed by atoms with E-state index in [-0.39, 0.29) is 35.3 Å². The third-order valence-corrected chi connectivity index (χ3v) is 5.19. The van der Waals surface area contributed by atoms with Gasteiger partial charge in [-0.25, -0.2) is 18.2 Å². The highest BCUT2D eigenvalue weighted by atomic mass is 35.5. The van der Waals surface area contributed by atoms with Gasteiger partial charge in [-0.15, -0.1) is 22.6 Å². The lowest BCUT2D eigenvalue weighted by atomic mass is 10.1. The first kappa shape index (κ1) is 24.2. The Morgan fingerprint density at radius 1 is 1.03 bits per heavy atom. The number of piperazine rings is 1. The van der Waals surface area contributed by atoms with E-state index in [0.29, 0.717) is 5.69 Å². The molecule has 1 fully saturated rings. The normalized spacial score (nSPS) is 14.0. The quantitative estimate of drug-likeness (QED) is 0.580. The molecule has 1 saturated heterocycles. The second kappa shape index (κ2) is 10.0. The Labute approximate surface area is 194 Å². The van der Waals surface area contributed by atoms with Gasteiger partial charge in [0.15, 0.2) is 17.3 Å². The number of primary amides is 1. The van der Waals surface area contributed by atoms with Crippen LogP contribution in [0.5, 0.6) is 0 Å². The van der Waals surface area contributed by atoms with Crippen molar-refractivity contribution >= 4 is 35.5 Å². The van der Waals surface area contributed by atoms with Crippen molar-refractivity contribution < 1.29 is 18.0 Å². The van der Waals surface area contributed by atoms with Gasteiger partial charge in [0.1, 0.15) is 17.3 Å². The third-order valence-electron chi connectivity index (χ3n) is 5.19. The molecular weight excluding hydrogens is 459 g/mol. The van der Waals surface area contributed by atoms with Crippen LogP contribution in [-0.2, 0) is 0 Å². The maximum absolute atomic E-state index is 14.8. The lowest BCUT2D eigenvalue weighted by Gasteiger charge is -2.33. The first-order valence-electron chi connectivity index (χ1n) is 9.81. The van der Waals surface area contributed by atoms with E-state index in [1.807, 2.05) is 11.9 Å². The van der Waals surface area contributed by atoms with E-state index in [0.717, 1.165) is 38.3 Å². The van der Waals surface area contributed by atoms with Crippen molar-refractivity contribution in [2.45, 2.75) is 0 Å². The Kier molecular flexibility index (Phi) is 7.34. The van der Waals surface area contributed by atoms with Crippen LogP contribution < -0.4 is 16.0 Å². The number of carbonyl (C=O) groups excluding carboxylic acids is 1. The predicted octanol–water partition coefficient (Wildman–Crippen LogP) is 2.97. The number of nitrogens with zero attached hydrogens (tertiary/aromatic N) is 5. The fourth-order valence-corrected chi connectivity index (χ4v) is 3.42. The van der Waals surface area contributed by atoms with Gasteiger partial charge in [-0.1, -0.05) is 6.07 Å². The van der Waals surface area contributed by atoms with Gasteiger partial charge >= 0.3 is 0 Å². The summed E-state index contributed by atoms with van der Waals surface area (Å²) in [5.41, 5.74) is 4.93. The van der Waals surface area contributed by atoms with Crippen molar-refractivity contribution in [2.24, 2.45) is 5.73 Å². The van der Waals surface area contributed by atoms with E-state index < -0.39 is 28.9 Å². The molecule has 33 heavy (non-hydrogen) atoms. The predicted molar refractivity (Wildman–Crippen MR) is 120 cm³/mol.